The number of aromatic nitrogens is 2. The maximum Gasteiger partial charge on any atom is 0.408 e. The van der Waals surface area contributed by atoms with Crippen molar-refractivity contribution in [1.29, 1.82) is 0 Å². The van der Waals surface area contributed by atoms with Crippen LogP contribution in [0.4, 0.5) is 19.0 Å². The lowest BCUT2D eigenvalue weighted by atomic mass is 10.2. The van der Waals surface area contributed by atoms with Crippen molar-refractivity contribution >= 4 is 11.8 Å². The summed E-state index contributed by atoms with van der Waals surface area (Å²) in [7, 11) is 0. The zero-order chi connectivity index (χ0) is 11.8. The van der Waals surface area contributed by atoms with Crippen LogP contribution in [0.15, 0.2) is 0 Å². The van der Waals surface area contributed by atoms with Crippen LogP contribution in [0.25, 0.3) is 0 Å². The van der Waals surface area contributed by atoms with E-state index in [1.165, 1.54) is 6.92 Å². The highest BCUT2D eigenvalue weighted by molar-refractivity contribution is 5.93. The molecule has 0 fully saturated rings. The molecular formula is C7H8F3N3O2. The normalized spacial score (nSPS) is 11.7. The summed E-state index contributed by atoms with van der Waals surface area (Å²) >= 11 is 0. The van der Waals surface area contributed by atoms with Crippen molar-refractivity contribution in [2.24, 2.45) is 0 Å². The van der Waals surface area contributed by atoms with Gasteiger partial charge in [0.2, 0.25) is 0 Å². The van der Waals surface area contributed by atoms with Crippen molar-refractivity contribution < 1.29 is 23.1 Å². The van der Waals surface area contributed by atoms with E-state index in [-0.39, 0.29) is 11.3 Å². The van der Waals surface area contributed by atoms with E-state index in [2.05, 4.69) is 5.10 Å². The van der Waals surface area contributed by atoms with Gasteiger partial charge in [-0.25, -0.2) is 9.48 Å². The summed E-state index contributed by atoms with van der Waals surface area (Å²) in [5.41, 5.74) is 4.80. The second kappa shape index (κ2) is 3.44. The molecule has 0 aliphatic carbocycles. The largest absolute Gasteiger partial charge is 0.477 e. The Labute approximate surface area is 82.3 Å². The van der Waals surface area contributed by atoms with Crippen LogP contribution in [0, 0.1) is 6.92 Å². The quantitative estimate of drug-likeness (QED) is 0.784. The Morgan fingerprint density at radius 2 is 2.13 bits per heavy atom. The molecule has 0 bridgehead atoms. The maximum absolute atomic E-state index is 12.0. The molecule has 0 aliphatic heterocycles. The van der Waals surface area contributed by atoms with E-state index in [0.717, 1.165) is 0 Å². The van der Waals surface area contributed by atoms with Crippen LogP contribution in [0.1, 0.15) is 16.1 Å². The van der Waals surface area contributed by atoms with E-state index >= 15 is 0 Å². The molecule has 5 nitrogen and oxygen atoms in total. The number of carboxylic acid groups (broad SMARTS) is 1. The first-order valence-electron chi connectivity index (χ1n) is 3.85. The molecule has 1 aromatic heterocycles. The van der Waals surface area contributed by atoms with Crippen LogP contribution < -0.4 is 5.73 Å². The number of aryl methyl sites for hydroxylation is 1. The molecule has 15 heavy (non-hydrogen) atoms. The lowest BCUT2D eigenvalue weighted by Gasteiger charge is -2.07. The molecule has 0 saturated carbocycles. The maximum atomic E-state index is 12.0. The third-order valence-corrected chi connectivity index (χ3v) is 1.71. The monoisotopic (exact) mass is 223 g/mol. The molecule has 0 aliphatic rings. The third-order valence-electron chi connectivity index (χ3n) is 1.71. The topological polar surface area (TPSA) is 81.1 Å². The molecule has 0 amide bonds. The SMILES string of the molecule is Cc1nn(CC(F)(F)F)c(N)c1C(=O)O. The van der Waals surface area contributed by atoms with Gasteiger partial charge in [-0.1, -0.05) is 0 Å². The van der Waals surface area contributed by atoms with Gasteiger partial charge in [-0.05, 0) is 6.92 Å². The van der Waals surface area contributed by atoms with E-state index in [1.807, 2.05) is 0 Å². The Morgan fingerprint density at radius 1 is 1.60 bits per heavy atom. The van der Waals surface area contributed by atoms with Gasteiger partial charge in [-0.15, -0.1) is 0 Å². The Bertz CT molecular complexity index is 397. The number of anilines is 1. The van der Waals surface area contributed by atoms with E-state index in [4.69, 9.17) is 10.8 Å². The molecule has 1 rings (SSSR count). The molecule has 0 atom stereocenters. The van der Waals surface area contributed by atoms with Crippen molar-refractivity contribution in [2.75, 3.05) is 5.73 Å². The fourth-order valence-electron chi connectivity index (χ4n) is 1.15. The summed E-state index contributed by atoms with van der Waals surface area (Å²) in [6.07, 6.45) is -4.48. The van der Waals surface area contributed by atoms with Crippen LogP contribution in [0.5, 0.6) is 0 Å². The molecular weight excluding hydrogens is 215 g/mol. The van der Waals surface area contributed by atoms with Crippen LogP contribution >= 0.6 is 0 Å². The second-order valence-corrected chi connectivity index (χ2v) is 2.92. The zero-order valence-electron chi connectivity index (χ0n) is 7.67. The van der Waals surface area contributed by atoms with Gasteiger partial charge < -0.3 is 10.8 Å². The Kier molecular flexibility index (Phi) is 2.61. The first-order valence-corrected chi connectivity index (χ1v) is 3.85. The standard InChI is InChI=1S/C7H8F3N3O2/c1-3-4(6(14)15)5(11)13(12-3)2-7(8,9)10/h2,11H2,1H3,(H,14,15). The minimum absolute atomic E-state index is 0.0377. The number of aromatic carboxylic acids is 1. The van der Waals surface area contributed by atoms with E-state index in [0.29, 0.717) is 4.68 Å². The number of nitrogens with two attached hydrogens (primary N) is 1. The van der Waals surface area contributed by atoms with Crippen LogP contribution in [0.2, 0.25) is 0 Å². The number of hydrogen-bond acceptors (Lipinski definition) is 3. The molecule has 3 N–H and O–H groups in total. The Morgan fingerprint density at radius 3 is 2.47 bits per heavy atom. The van der Waals surface area contributed by atoms with Crippen LogP contribution in [-0.4, -0.2) is 27.0 Å². The number of rotatable bonds is 2. The lowest BCUT2D eigenvalue weighted by Crippen LogP contribution is -2.20. The van der Waals surface area contributed by atoms with Gasteiger partial charge in [0.25, 0.3) is 0 Å². The molecule has 8 heteroatoms. The number of carboxylic acids is 1. The third kappa shape index (κ3) is 2.39. The molecule has 84 valence electrons. The second-order valence-electron chi connectivity index (χ2n) is 2.92. The van der Waals surface area contributed by atoms with Gasteiger partial charge in [-0.2, -0.15) is 18.3 Å². The van der Waals surface area contributed by atoms with Gasteiger partial charge in [0.15, 0.2) is 0 Å². The Balaban J connectivity index is 3.13. The average Bonchev–Trinajstić information content (AvgIpc) is 2.23. The van der Waals surface area contributed by atoms with Crippen molar-refractivity contribution in [1.82, 2.24) is 9.78 Å². The molecule has 0 aromatic carbocycles. The van der Waals surface area contributed by atoms with E-state index < -0.39 is 24.5 Å². The summed E-state index contributed by atoms with van der Waals surface area (Å²) in [4.78, 5) is 10.6. The zero-order valence-corrected chi connectivity index (χ0v) is 7.67. The summed E-state index contributed by atoms with van der Waals surface area (Å²) in [5, 5.41) is 12.1. The summed E-state index contributed by atoms with van der Waals surface area (Å²) in [5.74, 6) is -1.88. The molecule has 0 unspecified atom stereocenters. The van der Waals surface area contributed by atoms with E-state index in [9.17, 15) is 18.0 Å². The molecule has 1 aromatic rings. The van der Waals surface area contributed by atoms with Crippen LogP contribution in [0.3, 0.4) is 0 Å². The van der Waals surface area contributed by atoms with Crippen LogP contribution in [-0.2, 0) is 6.54 Å². The molecule has 1 heterocycles. The van der Waals surface area contributed by atoms with Gasteiger partial charge in [0.1, 0.15) is 17.9 Å². The minimum Gasteiger partial charge on any atom is -0.477 e. The number of carbonyl (C=O) groups is 1. The van der Waals surface area contributed by atoms with Crippen molar-refractivity contribution in [2.45, 2.75) is 19.6 Å². The highest BCUT2D eigenvalue weighted by Crippen LogP contribution is 2.22. The van der Waals surface area contributed by atoms with Gasteiger partial charge >= 0.3 is 12.1 Å². The lowest BCUT2D eigenvalue weighted by molar-refractivity contribution is -0.142. The highest BCUT2D eigenvalue weighted by Gasteiger charge is 2.31. The summed E-state index contributed by atoms with van der Waals surface area (Å²) in [6, 6.07) is 0. The predicted octanol–water partition coefficient (Wildman–Crippen LogP) is 1.03. The van der Waals surface area contributed by atoms with Gasteiger partial charge in [-0.3, -0.25) is 0 Å². The van der Waals surface area contributed by atoms with Crippen molar-refractivity contribution in [3.05, 3.63) is 11.3 Å². The van der Waals surface area contributed by atoms with Crippen molar-refractivity contribution in [3.63, 3.8) is 0 Å². The van der Waals surface area contributed by atoms with Crippen molar-refractivity contribution in [3.8, 4) is 0 Å². The number of alkyl halides is 3. The number of nitrogen functional groups attached to an aromatic ring is 1. The predicted molar refractivity (Wildman–Crippen MR) is 44.4 cm³/mol. The first-order chi connectivity index (χ1) is 6.72. The van der Waals surface area contributed by atoms with E-state index in [1.54, 1.807) is 0 Å². The molecule has 0 radical (unpaired) electrons. The number of hydrogen-bond donors (Lipinski definition) is 2. The Hall–Kier alpha value is -1.73. The number of halogens is 3. The highest BCUT2D eigenvalue weighted by atomic mass is 19.4. The first kappa shape index (κ1) is 11.3. The van der Waals surface area contributed by atoms with Gasteiger partial charge in [0.05, 0.1) is 5.69 Å². The average molecular weight is 223 g/mol. The van der Waals surface area contributed by atoms with Gasteiger partial charge in [0, 0.05) is 0 Å². The summed E-state index contributed by atoms with van der Waals surface area (Å²) in [6.45, 7) is -0.111. The molecule has 0 saturated heterocycles. The fraction of sp³-hybridized carbons (Fsp3) is 0.429. The molecule has 0 spiro atoms. The smallest absolute Gasteiger partial charge is 0.408 e. The number of nitrogens with zero attached hydrogens (tertiary/aromatic N) is 2. The fourth-order valence-corrected chi connectivity index (χ4v) is 1.15. The summed E-state index contributed by atoms with van der Waals surface area (Å²) < 4.78 is 36.4. The minimum atomic E-state index is -4.48.